The van der Waals surface area contributed by atoms with E-state index >= 15 is 0 Å². The van der Waals surface area contributed by atoms with Crippen molar-refractivity contribution >= 4 is 5.91 Å². The highest BCUT2D eigenvalue weighted by Crippen LogP contribution is 2.29. The molecule has 1 aliphatic rings. The molecule has 1 amide bonds. The number of carbonyl (C=O) groups excluding carboxylic acids is 1. The molecule has 0 heterocycles. The van der Waals surface area contributed by atoms with Gasteiger partial charge in [-0.3, -0.25) is 4.79 Å². The van der Waals surface area contributed by atoms with Crippen molar-refractivity contribution in [1.82, 2.24) is 4.90 Å². The highest BCUT2D eigenvalue weighted by molar-refractivity contribution is 5.86. The van der Waals surface area contributed by atoms with Gasteiger partial charge in [0.25, 0.3) is 0 Å². The van der Waals surface area contributed by atoms with Gasteiger partial charge >= 0.3 is 6.36 Å². The maximum atomic E-state index is 12.4. The van der Waals surface area contributed by atoms with Crippen LogP contribution in [-0.2, 0) is 11.3 Å². The molecule has 4 nitrogen and oxygen atoms in total. The molecule has 0 unspecified atom stereocenters. The first-order valence-corrected chi connectivity index (χ1v) is 7.09. The molecule has 122 valence electrons. The van der Waals surface area contributed by atoms with Crippen LogP contribution in [0.25, 0.3) is 0 Å². The molecule has 2 N–H and O–H groups in total. The zero-order valence-electron chi connectivity index (χ0n) is 12.3. The molecular formula is C15H19F3N2O2. The molecule has 0 saturated heterocycles. The summed E-state index contributed by atoms with van der Waals surface area (Å²) < 4.78 is 40.1. The summed E-state index contributed by atoms with van der Waals surface area (Å²) in [5, 5.41) is 0. The number of alkyl halides is 3. The number of rotatable bonds is 4. The molecule has 0 atom stereocenters. The molecule has 7 heteroatoms. The van der Waals surface area contributed by atoms with Crippen LogP contribution in [0.3, 0.4) is 0 Å². The van der Waals surface area contributed by atoms with E-state index in [0.29, 0.717) is 24.9 Å². The number of benzene rings is 1. The molecule has 1 aromatic rings. The van der Waals surface area contributed by atoms with Crippen LogP contribution in [0.15, 0.2) is 24.3 Å². The molecule has 0 bridgehead atoms. The van der Waals surface area contributed by atoms with Crippen molar-refractivity contribution < 1.29 is 22.7 Å². The Morgan fingerprint density at radius 1 is 1.27 bits per heavy atom. The molecule has 22 heavy (non-hydrogen) atoms. The Balaban J connectivity index is 1.97. The Morgan fingerprint density at radius 3 is 2.32 bits per heavy atom. The fraction of sp³-hybridized carbons (Fsp3) is 0.533. The fourth-order valence-corrected chi connectivity index (χ4v) is 2.74. The van der Waals surface area contributed by atoms with Crippen molar-refractivity contribution in [3.63, 3.8) is 0 Å². The first-order valence-electron chi connectivity index (χ1n) is 7.09. The number of halogens is 3. The first kappa shape index (κ1) is 16.6. The summed E-state index contributed by atoms with van der Waals surface area (Å²) in [4.78, 5) is 13.9. The minimum atomic E-state index is -4.71. The molecule has 1 aliphatic carbocycles. The molecule has 2 rings (SSSR count). The van der Waals surface area contributed by atoms with Crippen LogP contribution >= 0.6 is 0 Å². The summed E-state index contributed by atoms with van der Waals surface area (Å²) in [7, 11) is 1.65. The predicted octanol–water partition coefficient (Wildman–Crippen LogP) is 2.82. The van der Waals surface area contributed by atoms with E-state index in [4.69, 9.17) is 5.73 Å². The first-order chi connectivity index (χ1) is 10.2. The fourth-order valence-electron chi connectivity index (χ4n) is 2.74. The van der Waals surface area contributed by atoms with Gasteiger partial charge in [-0.05, 0) is 30.5 Å². The van der Waals surface area contributed by atoms with Crippen molar-refractivity contribution in [2.45, 2.75) is 44.1 Å². The Kier molecular flexibility index (Phi) is 4.65. The van der Waals surface area contributed by atoms with E-state index in [1.807, 2.05) is 0 Å². The third-order valence-corrected chi connectivity index (χ3v) is 3.85. The van der Waals surface area contributed by atoms with Gasteiger partial charge in [-0.15, -0.1) is 13.2 Å². The van der Waals surface area contributed by atoms with Crippen molar-refractivity contribution in [1.29, 1.82) is 0 Å². The summed E-state index contributed by atoms with van der Waals surface area (Å²) in [6, 6.07) is 5.47. The normalized spacial score (nSPS) is 17.3. The van der Waals surface area contributed by atoms with Gasteiger partial charge in [0.05, 0.1) is 5.54 Å². The topological polar surface area (TPSA) is 55.6 Å². The van der Waals surface area contributed by atoms with E-state index in [1.54, 1.807) is 7.05 Å². The number of nitrogens with zero attached hydrogens (tertiary/aromatic N) is 1. The van der Waals surface area contributed by atoms with Crippen LogP contribution in [0.4, 0.5) is 13.2 Å². The number of carbonyl (C=O) groups is 1. The van der Waals surface area contributed by atoms with Crippen LogP contribution in [0, 0.1) is 0 Å². The summed E-state index contributed by atoms with van der Waals surface area (Å²) in [5.41, 5.74) is 6.03. The summed E-state index contributed by atoms with van der Waals surface area (Å²) >= 11 is 0. The monoisotopic (exact) mass is 316 g/mol. The van der Waals surface area contributed by atoms with E-state index in [-0.39, 0.29) is 11.7 Å². The average molecular weight is 316 g/mol. The lowest BCUT2D eigenvalue weighted by Gasteiger charge is -2.28. The smallest absolute Gasteiger partial charge is 0.406 e. The second-order valence-corrected chi connectivity index (χ2v) is 5.72. The van der Waals surface area contributed by atoms with Crippen molar-refractivity contribution in [2.24, 2.45) is 5.73 Å². The van der Waals surface area contributed by atoms with E-state index in [2.05, 4.69) is 4.74 Å². The van der Waals surface area contributed by atoms with Crippen LogP contribution in [0.1, 0.15) is 31.2 Å². The second-order valence-electron chi connectivity index (χ2n) is 5.72. The Bertz CT molecular complexity index is 523. The van der Waals surface area contributed by atoms with Crippen LogP contribution in [0.5, 0.6) is 5.75 Å². The van der Waals surface area contributed by atoms with Gasteiger partial charge in [0.1, 0.15) is 5.75 Å². The van der Waals surface area contributed by atoms with Gasteiger partial charge in [-0.2, -0.15) is 0 Å². The third-order valence-electron chi connectivity index (χ3n) is 3.85. The predicted molar refractivity (Wildman–Crippen MR) is 75.0 cm³/mol. The minimum absolute atomic E-state index is 0.124. The lowest BCUT2D eigenvalue weighted by atomic mass is 9.97. The van der Waals surface area contributed by atoms with Crippen LogP contribution < -0.4 is 10.5 Å². The number of hydrogen-bond acceptors (Lipinski definition) is 3. The quantitative estimate of drug-likeness (QED) is 0.929. The average Bonchev–Trinajstić information content (AvgIpc) is 2.86. The van der Waals surface area contributed by atoms with Crippen LogP contribution in [0.2, 0.25) is 0 Å². The van der Waals surface area contributed by atoms with E-state index in [0.717, 1.165) is 12.8 Å². The lowest BCUT2D eigenvalue weighted by molar-refractivity contribution is -0.274. The molecular weight excluding hydrogens is 297 g/mol. The van der Waals surface area contributed by atoms with E-state index < -0.39 is 11.9 Å². The SMILES string of the molecule is CN(Cc1ccc(OC(F)(F)F)cc1)C(=O)C1(N)CCCC1. The van der Waals surface area contributed by atoms with Gasteiger partial charge in [0, 0.05) is 13.6 Å². The zero-order valence-corrected chi connectivity index (χ0v) is 12.3. The molecule has 0 spiro atoms. The maximum Gasteiger partial charge on any atom is 0.573 e. The van der Waals surface area contributed by atoms with Gasteiger partial charge < -0.3 is 15.4 Å². The van der Waals surface area contributed by atoms with Crippen molar-refractivity contribution in [3.05, 3.63) is 29.8 Å². The Labute approximate surface area is 127 Å². The Morgan fingerprint density at radius 2 is 1.82 bits per heavy atom. The van der Waals surface area contributed by atoms with E-state index in [9.17, 15) is 18.0 Å². The highest BCUT2D eigenvalue weighted by Gasteiger charge is 2.38. The molecule has 1 saturated carbocycles. The largest absolute Gasteiger partial charge is 0.573 e. The molecule has 1 fully saturated rings. The number of likely N-dealkylation sites (N-methyl/N-ethyl adjacent to an activating group) is 1. The maximum absolute atomic E-state index is 12.4. The van der Waals surface area contributed by atoms with E-state index in [1.165, 1.54) is 29.2 Å². The second kappa shape index (κ2) is 6.16. The highest BCUT2D eigenvalue weighted by atomic mass is 19.4. The van der Waals surface area contributed by atoms with Crippen molar-refractivity contribution in [3.8, 4) is 5.75 Å². The molecule has 0 aliphatic heterocycles. The zero-order chi connectivity index (χ0) is 16.4. The minimum Gasteiger partial charge on any atom is -0.406 e. The van der Waals surface area contributed by atoms with Gasteiger partial charge in [-0.1, -0.05) is 25.0 Å². The Hall–Kier alpha value is -1.76. The lowest BCUT2D eigenvalue weighted by Crippen LogP contribution is -2.52. The summed E-state index contributed by atoms with van der Waals surface area (Å²) in [6.45, 7) is 0.296. The number of hydrogen-bond donors (Lipinski definition) is 1. The number of nitrogens with two attached hydrogens (primary N) is 1. The van der Waals surface area contributed by atoms with Gasteiger partial charge in [0.15, 0.2) is 0 Å². The summed E-state index contributed by atoms with van der Waals surface area (Å²) in [6.07, 6.45) is -1.47. The molecule has 1 aromatic carbocycles. The number of amides is 1. The number of ether oxygens (including phenoxy) is 1. The van der Waals surface area contributed by atoms with Crippen molar-refractivity contribution in [2.75, 3.05) is 7.05 Å². The standard InChI is InChI=1S/C15H19F3N2O2/c1-20(13(21)14(19)8-2-3-9-14)10-11-4-6-12(7-5-11)22-15(16,17)18/h4-7H,2-3,8-10,19H2,1H3. The summed E-state index contributed by atoms with van der Waals surface area (Å²) in [5.74, 6) is -0.406. The van der Waals surface area contributed by atoms with Crippen LogP contribution in [-0.4, -0.2) is 29.8 Å². The molecule has 0 aromatic heterocycles. The molecule has 0 radical (unpaired) electrons. The van der Waals surface area contributed by atoms with Gasteiger partial charge in [0.2, 0.25) is 5.91 Å². The van der Waals surface area contributed by atoms with Gasteiger partial charge in [-0.25, -0.2) is 0 Å². The third kappa shape index (κ3) is 4.13.